The first-order chi connectivity index (χ1) is 10.4. The second kappa shape index (κ2) is 12.8. The highest BCUT2D eigenvalue weighted by Crippen LogP contribution is 2.17. The van der Waals surface area contributed by atoms with Crippen LogP contribution in [-0.2, 0) is 9.53 Å². The van der Waals surface area contributed by atoms with E-state index in [2.05, 4.69) is 4.90 Å². The SMILES string of the molecule is CCCCB(O)O.COC[C@@H]1CCCN1CC[C@@H](N)C(=O)O. The topological polar surface area (TPSA) is 116 Å². The lowest BCUT2D eigenvalue weighted by molar-refractivity contribution is -0.138. The Labute approximate surface area is 133 Å². The van der Waals surface area contributed by atoms with Crippen molar-refractivity contribution >= 4 is 13.1 Å². The molecule has 0 aromatic carbocycles. The van der Waals surface area contributed by atoms with Crippen molar-refractivity contribution in [3.8, 4) is 0 Å². The first-order valence-corrected chi connectivity index (χ1v) is 7.99. The van der Waals surface area contributed by atoms with Crippen molar-refractivity contribution in [2.75, 3.05) is 26.8 Å². The zero-order valence-corrected chi connectivity index (χ0v) is 13.8. The third-order valence-corrected chi connectivity index (χ3v) is 3.72. The average molecular weight is 318 g/mol. The number of aliphatic carboxylic acids is 1. The fraction of sp³-hybridized carbons (Fsp3) is 0.929. The third-order valence-electron chi connectivity index (χ3n) is 3.72. The maximum atomic E-state index is 10.5. The predicted octanol–water partition coefficient (Wildman–Crippen LogP) is 0.159. The summed E-state index contributed by atoms with van der Waals surface area (Å²) in [7, 11) is 0.597. The van der Waals surface area contributed by atoms with E-state index in [-0.39, 0.29) is 0 Å². The van der Waals surface area contributed by atoms with Crippen molar-refractivity contribution in [1.29, 1.82) is 0 Å². The quantitative estimate of drug-likeness (QED) is 0.447. The molecule has 1 heterocycles. The number of carboxylic acids is 1. The minimum atomic E-state index is -1.10. The van der Waals surface area contributed by atoms with Gasteiger partial charge < -0.3 is 25.6 Å². The highest BCUT2D eigenvalue weighted by atomic mass is 16.5. The van der Waals surface area contributed by atoms with E-state index < -0.39 is 19.1 Å². The largest absolute Gasteiger partial charge is 0.480 e. The highest BCUT2D eigenvalue weighted by Gasteiger charge is 2.25. The molecule has 0 amide bonds. The van der Waals surface area contributed by atoms with Crippen LogP contribution < -0.4 is 5.73 Å². The molecule has 0 aliphatic carbocycles. The van der Waals surface area contributed by atoms with E-state index in [4.69, 9.17) is 25.6 Å². The summed E-state index contributed by atoms with van der Waals surface area (Å²) in [5.74, 6) is -0.919. The second-order valence-electron chi connectivity index (χ2n) is 5.64. The zero-order chi connectivity index (χ0) is 17.0. The van der Waals surface area contributed by atoms with E-state index in [0.29, 0.717) is 18.8 Å². The predicted molar refractivity (Wildman–Crippen MR) is 86.6 cm³/mol. The second-order valence-corrected chi connectivity index (χ2v) is 5.64. The summed E-state index contributed by atoms with van der Waals surface area (Å²) in [6.45, 7) is 4.52. The van der Waals surface area contributed by atoms with Crippen LogP contribution in [0.3, 0.4) is 0 Å². The summed E-state index contributed by atoms with van der Waals surface area (Å²) in [6.07, 6.45) is 5.24. The Morgan fingerprint density at radius 2 is 2.18 bits per heavy atom. The lowest BCUT2D eigenvalue weighted by atomic mass is 9.84. The molecule has 5 N–H and O–H groups in total. The van der Waals surface area contributed by atoms with Gasteiger partial charge in [0.05, 0.1) is 6.61 Å². The van der Waals surface area contributed by atoms with E-state index in [1.54, 1.807) is 7.11 Å². The van der Waals surface area contributed by atoms with E-state index >= 15 is 0 Å². The number of nitrogens with two attached hydrogens (primary N) is 1. The Hall–Kier alpha value is -0.665. The number of hydrogen-bond acceptors (Lipinski definition) is 6. The van der Waals surface area contributed by atoms with Gasteiger partial charge in [-0.15, -0.1) is 0 Å². The molecule has 0 radical (unpaired) electrons. The van der Waals surface area contributed by atoms with Gasteiger partial charge in [0, 0.05) is 19.7 Å². The van der Waals surface area contributed by atoms with Gasteiger partial charge in [-0.3, -0.25) is 9.69 Å². The molecule has 1 aliphatic heterocycles. The lowest BCUT2D eigenvalue weighted by Gasteiger charge is -2.24. The van der Waals surface area contributed by atoms with Crippen LogP contribution in [0, 0.1) is 0 Å². The molecule has 22 heavy (non-hydrogen) atoms. The molecule has 0 spiro atoms. The van der Waals surface area contributed by atoms with E-state index in [0.717, 1.165) is 45.4 Å². The van der Waals surface area contributed by atoms with E-state index in [1.165, 1.54) is 0 Å². The van der Waals surface area contributed by atoms with Crippen LogP contribution in [-0.4, -0.2) is 72.0 Å². The van der Waals surface area contributed by atoms with Crippen molar-refractivity contribution in [1.82, 2.24) is 4.90 Å². The normalized spacial score (nSPS) is 19.4. The number of carbonyl (C=O) groups is 1. The van der Waals surface area contributed by atoms with Crippen LogP contribution >= 0.6 is 0 Å². The minimum Gasteiger partial charge on any atom is -0.480 e. The van der Waals surface area contributed by atoms with Gasteiger partial charge in [-0.1, -0.05) is 19.8 Å². The van der Waals surface area contributed by atoms with Crippen molar-refractivity contribution in [2.45, 2.75) is 57.4 Å². The maximum absolute atomic E-state index is 10.5. The number of hydrogen-bond donors (Lipinski definition) is 4. The Balaban J connectivity index is 0.000000534. The van der Waals surface area contributed by atoms with Crippen molar-refractivity contribution < 1.29 is 24.7 Å². The molecule has 130 valence electrons. The molecular weight excluding hydrogens is 287 g/mol. The number of rotatable bonds is 9. The molecule has 1 fully saturated rings. The van der Waals surface area contributed by atoms with Gasteiger partial charge in [0.1, 0.15) is 6.04 Å². The summed E-state index contributed by atoms with van der Waals surface area (Å²) < 4.78 is 5.12. The van der Waals surface area contributed by atoms with Gasteiger partial charge in [0.2, 0.25) is 0 Å². The molecule has 0 saturated carbocycles. The molecule has 1 saturated heterocycles. The first kappa shape index (κ1) is 21.3. The van der Waals surface area contributed by atoms with Crippen molar-refractivity contribution in [3.63, 3.8) is 0 Å². The summed E-state index contributed by atoms with van der Waals surface area (Å²) >= 11 is 0. The standard InChI is InChI=1S/C10H20N2O3.C4H11BO2/c1-15-7-8-3-2-5-12(8)6-4-9(11)10(13)14;1-2-3-4-5(6)7/h8-9H,2-7,11H2,1H3,(H,13,14);6-7H,2-4H2,1H3/t8-,9+;/m0./s1. The smallest absolute Gasteiger partial charge is 0.451 e. The Morgan fingerprint density at radius 3 is 2.64 bits per heavy atom. The Morgan fingerprint density at radius 1 is 1.50 bits per heavy atom. The molecular formula is C14H31BN2O5. The highest BCUT2D eigenvalue weighted by molar-refractivity contribution is 6.40. The third kappa shape index (κ3) is 10.1. The van der Waals surface area contributed by atoms with Gasteiger partial charge in [-0.05, 0) is 32.1 Å². The van der Waals surface area contributed by atoms with E-state index in [1.807, 2.05) is 6.92 Å². The summed E-state index contributed by atoms with van der Waals surface area (Å²) in [5, 5.41) is 25.1. The summed E-state index contributed by atoms with van der Waals surface area (Å²) in [5.41, 5.74) is 5.46. The van der Waals surface area contributed by atoms with Crippen LogP contribution in [0.2, 0.25) is 6.32 Å². The lowest BCUT2D eigenvalue weighted by Crippen LogP contribution is -2.38. The number of likely N-dealkylation sites (tertiary alicyclic amines) is 1. The van der Waals surface area contributed by atoms with Crippen LogP contribution in [0.15, 0.2) is 0 Å². The number of nitrogens with zero attached hydrogens (tertiary/aromatic N) is 1. The molecule has 1 aliphatic rings. The van der Waals surface area contributed by atoms with Crippen LogP contribution in [0.4, 0.5) is 0 Å². The molecule has 0 unspecified atom stereocenters. The maximum Gasteiger partial charge on any atom is 0.451 e. The Bertz CT molecular complexity index is 294. The van der Waals surface area contributed by atoms with Gasteiger partial charge in [0.25, 0.3) is 0 Å². The molecule has 1 rings (SSSR count). The minimum absolute atomic E-state index is 0.441. The van der Waals surface area contributed by atoms with Crippen molar-refractivity contribution in [2.24, 2.45) is 5.73 Å². The first-order valence-electron chi connectivity index (χ1n) is 7.99. The van der Waals surface area contributed by atoms with Crippen LogP contribution in [0.5, 0.6) is 0 Å². The molecule has 8 heteroatoms. The zero-order valence-electron chi connectivity index (χ0n) is 13.8. The van der Waals surface area contributed by atoms with Gasteiger partial charge in [-0.25, -0.2) is 0 Å². The number of methoxy groups -OCH3 is 1. The van der Waals surface area contributed by atoms with Gasteiger partial charge in [-0.2, -0.15) is 0 Å². The van der Waals surface area contributed by atoms with Crippen LogP contribution in [0.1, 0.15) is 39.0 Å². The average Bonchev–Trinajstić information content (AvgIpc) is 2.90. The molecule has 0 bridgehead atoms. The summed E-state index contributed by atoms with van der Waals surface area (Å²) in [6, 6.07) is -0.301. The molecule has 0 aromatic heterocycles. The number of ether oxygens (including phenoxy) is 1. The fourth-order valence-electron chi connectivity index (χ4n) is 2.39. The molecule has 2 atom stereocenters. The monoisotopic (exact) mass is 318 g/mol. The van der Waals surface area contributed by atoms with Gasteiger partial charge >= 0.3 is 13.1 Å². The Kier molecular flexibility index (Phi) is 12.4. The number of unbranched alkanes of at least 4 members (excludes halogenated alkanes) is 1. The van der Waals surface area contributed by atoms with Gasteiger partial charge in [0.15, 0.2) is 0 Å². The van der Waals surface area contributed by atoms with Crippen molar-refractivity contribution in [3.05, 3.63) is 0 Å². The fourth-order valence-corrected chi connectivity index (χ4v) is 2.39. The molecule has 7 nitrogen and oxygen atoms in total. The van der Waals surface area contributed by atoms with Crippen LogP contribution in [0.25, 0.3) is 0 Å². The number of carboxylic acid groups (broad SMARTS) is 1. The summed E-state index contributed by atoms with van der Waals surface area (Å²) in [4.78, 5) is 12.8. The molecule has 0 aromatic rings. The van der Waals surface area contributed by atoms with E-state index in [9.17, 15) is 4.79 Å².